The van der Waals surface area contributed by atoms with Crippen LogP contribution in [0, 0.1) is 0 Å². The van der Waals surface area contributed by atoms with Gasteiger partial charge in [0.25, 0.3) is 0 Å². The molecule has 0 saturated carbocycles. The fraction of sp³-hybridized carbons (Fsp3) is 0.348. The predicted octanol–water partition coefficient (Wildman–Crippen LogP) is 12.7. The van der Waals surface area contributed by atoms with Crippen molar-refractivity contribution in [3.8, 4) is 28.4 Å². The van der Waals surface area contributed by atoms with Crippen LogP contribution in [-0.2, 0) is 21.7 Å². The zero-order chi connectivity index (χ0) is 36.2. The topological polar surface area (TPSA) is 43.9 Å². The first-order valence-corrected chi connectivity index (χ1v) is 17.8. The van der Waals surface area contributed by atoms with Gasteiger partial charge in [-0.3, -0.25) is 0 Å². The molecule has 0 aliphatic carbocycles. The number of benzene rings is 4. The van der Waals surface area contributed by atoms with Gasteiger partial charge in [-0.05, 0) is 104 Å². The van der Waals surface area contributed by atoms with Gasteiger partial charge >= 0.3 is 0 Å². The van der Waals surface area contributed by atoms with Crippen LogP contribution in [-0.4, -0.2) is 14.8 Å². The van der Waals surface area contributed by atoms with Crippen molar-refractivity contribution in [1.29, 1.82) is 0 Å². The van der Waals surface area contributed by atoms with Crippen molar-refractivity contribution in [2.24, 2.45) is 0 Å². The molecule has 0 bridgehead atoms. The first-order valence-electron chi connectivity index (χ1n) is 17.8. The molecule has 0 fully saturated rings. The Labute approximate surface area is 299 Å². The Kier molecular flexibility index (Phi) is 8.83. The molecule has 4 aromatic carbocycles. The van der Waals surface area contributed by atoms with Crippen LogP contribution in [0.5, 0.6) is 0 Å². The van der Waals surface area contributed by atoms with Gasteiger partial charge in [0.1, 0.15) is 5.52 Å². The van der Waals surface area contributed by atoms with E-state index in [1.54, 1.807) is 0 Å². The summed E-state index contributed by atoms with van der Waals surface area (Å²) in [5.41, 5.74) is 13.2. The van der Waals surface area contributed by atoms with E-state index >= 15 is 0 Å². The van der Waals surface area contributed by atoms with E-state index in [1.165, 1.54) is 33.4 Å². The quantitative estimate of drug-likeness (QED) is 0.184. The van der Waals surface area contributed by atoms with E-state index in [9.17, 15) is 0 Å². The molecule has 0 amide bonds. The molecule has 0 aliphatic rings. The summed E-state index contributed by atoms with van der Waals surface area (Å²) in [5, 5.41) is 5.28. The normalized spacial score (nSPS) is 13.1. The number of fused-ring (bicyclic) bond motifs is 1. The van der Waals surface area contributed by atoms with Crippen LogP contribution in [0.1, 0.15) is 117 Å². The van der Waals surface area contributed by atoms with E-state index < -0.39 is 0 Å². The molecule has 4 nitrogen and oxygen atoms in total. The van der Waals surface area contributed by atoms with Gasteiger partial charge in [-0.2, -0.15) is 5.10 Å². The number of aromatic nitrogens is 3. The molecule has 258 valence electrons. The van der Waals surface area contributed by atoms with Crippen molar-refractivity contribution in [2.45, 2.75) is 105 Å². The maximum absolute atomic E-state index is 6.09. The Bertz CT molecular complexity index is 2150. The van der Waals surface area contributed by atoms with Crippen molar-refractivity contribution in [3.05, 3.63) is 125 Å². The molecule has 2 heterocycles. The number of hydrogen-bond donors (Lipinski definition) is 0. The Morgan fingerprint density at radius 1 is 0.580 bits per heavy atom. The second kappa shape index (κ2) is 12.6. The Morgan fingerprint density at radius 3 is 1.78 bits per heavy atom. The molecule has 0 N–H and O–H groups in total. The highest BCUT2D eigenvalue weighted by Gasteiger charge is 2.26. The van der Waals surface area contributed by atoms with Crippen LogP contribution in [0.25, 0.3) is 51.7 Å². The van der Waals surface area contributed by atoms with E-state index in [1.807, 2.05) is 24.3 Å². The summed E-state index contributed by atoms with van der Waals surface area (Å²) in [7, 11) is 0. The Hall–Kier alpha value is -4.70. The fourth-order valence-corrected chi connectivity index (χ4v) is 6.51. The predicted molar refractivity (Wildman–Crippen MR) is 212 cm³/mol. The number of nitrogens with zero attached hydrogens (tertiary/aromatic N) is 3. The third kappa shape index (κ3) is 7.26. The summed E-state index contributed by atoms with van der Waals surface area (Å²) in [6, 6.07) is 32.4. The zero-order valence-electron chi connectivity index (χ0n) is 32.1. The molecular formula is C46H53N3O. The van der Waals surface area contributed by atoms with Gasteiger partial charge in [0.15, 0.2) is 5.58 Å². The standard InChI is InChI=1S/C46H53N3O/c1-43(2,3)32-20-25-37(45(7,8)9)31(27-32)17-22-34-29-40(36-28-33(44(4,5)6)21-26-38(36)46(10,11)12)49(48-34)35-23-18-30(19-24-35)42-47-39-15-13-14-16-41(39)50-42/h13-29H,1-12H3. The van der Waals surface area contributed by atoms with Crippen molar-refractivity contribution in [3.63, 3.8) is 0 Å². The van der Waals surface area contributed by atoms with Gasteiger partial charge in [-0.1, -0.05) is 132 Å². The molecule has 6 rings (SSSR count). The Morgan fingerprint density at radius 2 is 1.18 bits per heavy atom. The first kappa shape index (κ1) is 35.1. The Balaban J connectivity index is 1.52. The molecule has 0 unspecified atom stereocenters. The van der Waals surface area contributed by atoms with E-state index in [0.717, 1.165) is 33.7 Å². The van der Waals surface area contributed by atoms with Gasteiger partial charge in [-0.15, -0.1) is 0 Å². The minimum absolute atomic E-state index is 0.00140. The lowest BCUT2D eigenvalue weighted by Crippen LogP contribution is -2.17. The summed E-state index contributed by atoms with van der Waals surface area (Å²) in [6.45, 7) is 27.4. The number of hydrogen-bond acceptors (Lipinski definition) is 3. The van der Waals surface area contributed by atoms with Crippen LogP contribution < -0.4 is 0 Å². The van der Waals surface area contributed by atoms with Gasteiger partial charge in [0.05, 0.1) is 17.1 Å². The smallest absolute Gasteiger partial charge is 0.227 e. The minimum atomic E-state index is -0.0668. The maximum Gasteiger partial charge on any atom is 0.227 e. The molecule has 0 saturated heterocycles. The molecule has 2 aromatic heterocycles. The molecule has 0 atom stereocenters. The summed E-state index contributed by atoms with van der Waals surface area (Å²) < 4.78 is 8.19. The van der Waals surface area contributed by atoms with Crippen molar-refractivity contribution >= 4 is 23.3 Å². The monoisotopic (exact) mass is 663 g/mol. The van der Waals surface area contributed by atoms with Crippen LogP contribution >= 0.6 is 0 Å². The SMILES string of the molecule is CC(C)(C)c1ccc(C(C)(C)C)c(C=Cc2cc(-c3cc(C(C)(C)C)ccc3C(C)(C)C)n(-c3ccc(-c4nc5ccccc5o4)cc3)n2)c1. The highest BCUT2D eigenvalue weighted by atomic mass is 16.3. The summed E-state index contributed by atoms with van der Waals surface area (Å²) in [4.78, 5) is 4.73. The molecule has 0 spiro atoms. The maximum atomic E-state index is 6.09. The van der Waals surface area contributed by atoms with Gasteiger partial charge < -0.3 is 4.42 Å². The van der Waals surface area contributed by atoms with Crippen LogP contribution in [0.15, 0.2) is 95.4 Å². The van der Waals surface area contributed by atoms with E-state index in [2.05, 4.69) is 167 Å². The van der Waals surface area contributed by atoms with Crippen molar-refractivity contribution < 1.29 is 4.42 Å². The molecule has 50 heavy (non-hydrogen) atoms. The summed E-state index contributed by atoms with van der Waals surface area (Å²) >= 11 is 0. The lowest BCUT2D eigenvalue weighted by atomic mass is 9.78. The second-order valence-electron chi connectivity index (χ2n) is 17.8. The van der Waals surface area contributed by atoms with Gasteiger partial charge in [0.2, 0.25) is 5.89 Å². The molecule has 4 heteroatoms. The highest BCUT2D eigenvalue weighted by molar-refractivity contribution is 5.78. The minimum Gasteiger partial charge on any atom is -0.436 e. The third-order valence-corrected chi connectivity index (χ3v) is 9.51. The largest absolute Gasteiger partial charge is 0.436 e. The summed E-state index contributed by atoms with van der Waals surface area (Å²) in [5.74, 6) is 0.613. The lowest BCUT2D eigenvalue weighted by molar-refractivity contribution is 0.576. The van der Waals surface area contributed by atoms with Crippen LogP contribution in [0.3, 0.4) is 0 Å². The van der Waals surface area contributed by atoms with Crippen molar-refractivity contribution in [2.75, 3.05) is 0 Å². The first-order chi connectivity index (χ1) is 23.3. The average Bonchev–Trinajstić information content (AvgIpc) is 3.67. The molecular weight excluding hydrogens is 611 g/mol. The number of oxazole rings is 1. The fourth-order valence-electron chi connectivity index (χ4n) is 6.51. The van der Waals surface area contributed by atoms with Gasteiger partial charge in [0, 0.05) is 11.1 Å². The van der Waals surface area contributed by atoms with E-state index in [4.69, 9.17) is 14.5 Å². The van der Waals surface area contributed by atoms with Crippen LogP contribution in [0.2, 0.25) is 0 Å². The zero-order valence-corrected chi connectivity index (χ0v) is 32.1. The number of rotatable bonds is 5. The van der Waals surface area contributed by atoms with E-state index in [0.29, 0.717) is 5.89 Å². The van der Waals surface area contributed by atoms with Gasteiger partial charge in [-0.25, -0.2) is 9.67 Å². The molecule has 0 radical (unpaired) electrons. The number of para-hydroxylation sites is 2. The lowest BCUT2D eigenvalue weighted by Gasteiger charge is -2.27. The molecule has 6 aromatic rings. The summed E-state index contributed by atoms with van der Waals surface area (Å²) in [6.07, 6.45) is 4.42. The van der Waals surface area contributed by atoms with E-state index in [-0.39, 0.29) is 21.7 Å². The highest BCUT2D eigenvalue weighted by Crippen LogP contribution is 2.39. The molecule has 0 aliphatic heterocycles. The third-order valence-electron chi connectivity index (χ3n) is 9.51. The van der Waals surface area contributed by atoms with Crippen molar-refractivity contribution in [1.82, 2.24) is 14.8 Å². The average molecular weight is 664 g/mol. The van der Waals surface area contributed by atoms with Crippen LogP contribution in [0.4, 0.5) is 0 Å². The second-order valence-corrected chi connectivity index (χ2v) is 17.8.